The lowest BCUT2D eigenvalue weighted by Crippen LogP contribution is -2.38. The van der Waals surface area contributed by atoms with Crippen molar-refractivity contribution in [1.29, 1.82) is 0 Å². The molecule has 0 aromatic heterocycles. The van der Waals surface area contributed by atoms with Crippen LogP contribution in [0.25, 0.3) is 5.70 Å². The Kier molecular flexibility index (Phi) is 6.90. The summed E-state index contributed by atoms with van der Waals surface area (Å²) in [7, 11) is 0. The van der Waals surface area contributed by atoms with E-state index in [0.29, 0.717) is 11.4 Å². The Morgan fingerprint density at radius 2 is 1.54 bits per heavy atom. The maximum atomic E-state index is 12.0. The van der Waals surface area contributed by atoms with Gasteiger partial charge in [0.25, 0.3) is 5.91 Å². The highest BCUT2D eigenvalue weighted by Crippen LogP contribution is 2.36. The fraction of sp³-hybridized carbons (Fsp3) is 0.375. The first-order chi connectivity index (χ1) is 13.1. The first kappa shape index (κ1) is 21.5. The van der Waals surface area contributed by atoms with E-state index in [1.165, 1.54) is 5.56 Å². The normalized spacial score (nSPS) is 11.6. The molecule has 2 aromatic carbocycles. The Labute approximate surface area is 169 Å². The minimum atomic E-state index is -0.269. The predicted molar refractivity (Wildman–Crippen MR) is 116 cm³/mol. The van der Waals surface area contributed by atoms with Gasteiger partial charge in [-0.15, -0.1) is 0 Å². The van der Waals surface area contributed by atoms with E-state index in [1.807, 2.05) is 42.5 Å². The molecule has 0 bridgehead atoms. The number of rotatable bonds is 8. The van der Waals surface area contributed by atoms with E-state index < -0.39 is 0 Å². The van der Waals surface area contributed by atoms with E-state index in [1.54, 1.807) is 0 Å². The number of carbonyl (C=O) groups is 1. The molecule has 0 spiro atoms. The van der Waals surface area contributed by atoms with E-state index in [2.05, 4.69) is 64.2 Å². The summed E-state index contributed by atoms with van der Waals surface area (Å²) in [5.74, 6) is 0.404. The van der Waals surface area contributed by atoms with Crippen LogP contribution in [-0.2, 0) is 10.2 Å². The molecule has 0 aliphatic rings. The summed E-state index contributed by atoms with van der Waals surface area (Å²) < 4.78 is 5.59. The Bertz CT molecular complexity index is 788. The summed E-state index contributed by atoms with van der Waals surface area (Å²) in [4.78, 5) is 12.0. The SMILES string of the molecule is C=C(NNC(=O)COc1ccc(C(C)(C)CC(C)(C)C)cc1)c1ccccc1. The van der Waals surface area contributed by atoms with Gasteiger partial charge in [0, 0.05) is 0 Å². The van der Waals surface area contributed by atoms with Gasteiger partial charge in [-0.3, -0.25) is 15.6 Å². The van der Waals surface area contributed by atoms with Crippen LogP contribution in [0.5, 0.6) is 5.75 Å². The third-order valence-electron chi connectivity index (χ3n) is 4.45. The van der Waals surface area contributed by atoms with Gasteiger partial charge < -0.3 is 4.74 Å². The molecule has 150 valence electrons. The summed E-state index contributed by atoms with van der Waals surface area (Å²) >= 11 is 0. The predicted octanol–water partition coefficient (Wildman–Crippen LogP) is 5.07. The molecule has 28 heavy (non-hydrogen) atoms. The van der Waals surface area contributed by atoms with Gasteiger partial charge in [-0.05, 0) is 40.5 Å². The van der Waals surface area contributed by atoms with Crippen LogP contribution in [0.3, 0.4) is 0 Å². The zero-order chi connectivity index (χ0) is 20.8. The maximum absolute atomic E-state index is 12.0. The molecule has 4 heteroatoms. The molecule has 2 N–H and O–H groups in total. The summed E-state index contributed by atoms with van der Waals surface area (Å²) in [6, 6.07) is 17.6. The minimum absolute atomic E-state index is 0.0696. The van der Waals surface area contributed by atoms with Gasteiger partial charge in [0.2, 0.25) is 0 Å². The van der Waals surface area contributed by atoms with E-state index >= 15 is 0 Å². The van der Waals surface area contributed by atoms with E-state index in [9.17, 15) is 4.79 Å². The quantitative estimate of drug-likeness (QED) is 0.629. The first-order valence-electron chi connectivity index (χ1n) is 9.59. The highest BCUT2D eigenvalue weighted by atomic mass is 16.5. The van der Waals surface area contributed by atoms with Crippen molar-refractivity contribution in [2.75, 3.05) is 6.61 Å². The molecule has 4 nitrogen and oxygen atoms in total. The fourth-order valence-electron chi connectivity index (χ4n) is 3.47. The lowest BCUT2D eigenvalue weighted by Gasteiger charge is -2.33. The second kappa shape index (κ2) is 8.96. The minimum Gasteiger partial charge on any atom is -0.484 e. The van der Waals surface area contributed by atoms with Crippen molar-refractivity contribution in [3.8, 4) is 5.75 Å². The maximum Gasteiger partial charge on any atom is 0.276 e. The standard InChI is InChI=1S/C24H32N2O2/c1-18(19-10-8-7-9-11-19)25-26-22(27)16-28-21-14-12-20(13-15-21)24(5,6)17-23(2,3)4/h7-15,25H,1,16-17H2,2-6H3,(H,26,27). The molecule has 0 heterocycles. The molecule has 1 amide bonds. The summed E-state index contributed by atoms with van der Waals surface area (Å²) in [6.07, 6.45) is 1.08. The molecule has 0 aliphatic heterocycles. The Hall–Kier alpha value is -2.75. The van der Waals surface area contributed by atoms with E-state index in [4.69, 9.17) is 4.74 Å². The van der Waals surface area contributed by atoms with Crippen molar-refractivity contribution in [3.63, 3.8) is 0 Å². The molecule has 2 aromatic rings. The molecule has 0 radical (unpaired) electrons. The van der Waals surface area contributed by atoms with Crippen molar-refractivity contribution < 1.29 is 9.53 Å². The summed E-state index contributed by atoms with van der Waals surface area (Å²) in [6.45, 7) is 15.1. The topological polar surface area (TPSA) is 50.4 Å². The lowest BCUT2D eigenvalue weighted by molar-refractivity contribution is -0.123. The van der Waals surface area contributed by atoms with Gasteiger partial charge in [-0.25, -0.2) is 0 Å². The van der Waals surface area contributed by atoms with Gasteiger partial charge >= 0.3 is 0 Å². The number of carbonyl (C=O) groups excluding carboxylic acids is 1. The van der Waals surface area contributed by atoms with E-state index in [-0.39, 0.29) is 23.3 Å². The molecule has 0 unspecified atom stereocenters. The second-order valence-electron chi connectivity index (χ2n) is 8.95. The monoisotopic (exact) mass is 380 g/mol. The Morgan fingerprint density at radius 3 is 2.11 bits per heavy atom. The average molecular weight is 381 g/mol. The zero-order valence-electron chi connectivity index (χ0n) is 17.6. The van der Waals surface area contributed by atoms with Crippen LogP contribution in [0.15, 0.2) is 61.2 Å². The molecular weight excluding hydrogens is 348 g/mol. The molecule has 0 atom stereocenters. The number of hydrogen-bond donors (Lipinski definition) is 2. The van der Waals surface area contributed by atoms with Crippen LogP contribution in [0.1, 0.15) is 52.2 Å². The average Bonchev–Trinajstić information content (AvgIpc) is 2.63. The van der Waals surface area contributed by atoms with Gasteiger partial charge in [0.1, 0.15) is 5.75 Å². The summed E-state index contributed by atoms with van der Waals surface area (Å²) in [5, 5.41) is 0. The van der Waals surface area contributed by atoms with Gasteiger partial charge in [-0.1, -0.05) is 83.7 Å². The van der Waals surface area contributed by atoms with Gasteiger partial charge in [-0.2, -0.15) is 0 Å². The van der Waals surface area contributed by atoms with Crippen molar-refractivity contribution in [1.82, 2.24) is 10.9 Å². The number of nitrogens with one attached hydrogen (secondary N) is 2. The number of ether oxygens (including phenoxy) is 1. The number of benzene rings is 2. The van der Waals surface area contributed by atoms with Crippen molar-refractivity contribution in [3.05, 3.63) is 72.3 Å². The van der Waals surface area contributed by atoms with Gasteiger partial charge in [0.05, 0.1) is 5.70 Å². The molecule has 0 fully saturated rings. The van der Waals surface area contributed by atoms with Crippen LogP contribution >= 0.6 is 0 Å². The first-order valence-corrected chi connectivity index (χ1v) is 9.59. The third kappa shape index (κ3) is 6.76. The molecule has 0 saturated carbocycles. The fourth-order valence-corrected chi connectivity index (χ4v) is 3.47. The van der Waals surface area contributed by atoms with Crippen LogP contribution in [0.2, 0.25) is 0 Å². The van der Waals surface area contributed by atoms with Crippen LogP contribution < -0.4 is 15.6 Å². The lowest BCUT2D eigenvalue weighted by atomic mass is 9.72. The van der Waals surface area contributed by atoms with E-state index in [0.717, 1.165) is 12.0 Å². The number of hydrazine groups is 1. The van der Waals surface area contributed by atoms with Gasteiger partial charge in [0.15, 0.2) is 6.61 Å². The van der Waals surface area contributed by atoms with Crippen molar-refractivity contribution in [2.45, 2.75) is 46.5 Å². The van der Waals surface area contributed by atoms with Crippen molar-refractivity contribution in [2.24, 2.45) is 5.41 Å². The summed E-state index contributed by atoms with van der Waals surface area (Å²) in [5.41, 5.74) is 8.55. The molecule has 0 saturated heterocycles. The van der Waals surface area contributed by atoms with Crippen LogP contribution in [0, 0.1) is 5.41 Å². The Morgan fingerprint density at radius 1 is 0.929 bits per heavy atom. The van der Waals surface area contributed by atoms with Crippen LogP contribution in [0.4, 0.5) is 0 Å². The van der Waals surface area contributed by atoms with Crippen molar-refractivity contribution >= 4 is 11.6 Å². The largest absolute Gasteiger partial charge is 0.484 e. The molecule has 2 rings (SSSR count). The Balaban J connectivity index is 1.82. The molecule has 0 aliphatic carbocycles. The number of amides is 1. The molecular formula is C24H32N2O2. The third-order valence-corrected chi connectivity index (χ3v) is 4.45. The highest BCUT2D eigenvalue weighted by molar-refractivity contribution is 5.78. The highest BCUT2D eigenvalue weighted by Gasteiger charge is 2.27. The van der Waals surface area contributed by atoms with Crippen LogP contribution in [-0.4, -0.2) is 12.5 Å². The zero-order valence-corrected chi connectivity index (χ0v) is 17.6. The second-order valence-corrected chi connectivity index (χ2v) is 8.95. The number of hydrogen-bond acceptors (Lipinski definition) is 3. The smallest absolute Gasteiger partial charge is 0.276 e.